The third-order valence-corrected chi connectivity index (χ3v) is 0.595. The van der Waals surface area contributed by atoms with E-state index in [1.807, 2.05) is 24.3 Å². The summed E-state index contributed by atoms with van der Waals surface area (Å²) < 4.78 is 2.01. The molecule has 0 atom stereocenters. The van der Waals surface area contributed by atoms with Crippen LogP contribution in [0.15, 0.2) is 0 Å². The molecule has 0 aliphatic heterocycles. The van der Waals surface area contributed by atoms with Crippen LogP contribution in [0.5, 0.6) is 0 Å². The molecule has 0 aromatic heterocycles. The minimum atomic E-state index is 0.944. The van der Waals surface area contributed by atoms with Gasteiger partial charge in [0.1, 0.15) is 0 Å². The zero-order chi connectivity index (χ0) is 3.41. The van der Waals surface area contributed by atoms with Gasteiger partial charge in [-0.05, 0) is 0 Å². The van der Waals surface area contributed by atoms with E-state index in [2.05, 4.69) is 6.92 Å². The Morgan fingerprint density at radius 1 is 2.00 bits per heavy atom. The van der Waals surface area contributed by atoms with Crippen molar-refractivity contribution in [1.82, 2.24) is 0 Å². The van der Waals surface area contributed by atoms with Crippen LogP contribution in [-0.2, 0) is 20.0 Å². The zero-order valence-corrected chi connectivity index (χ0v) is 4.05. The molecule has 0 rings (SSSR count). The molecular weight excluding hydrogens is 83.9 g/mol. The first-order valence-electron chi connectivity index (χ1n) is 1.20. The van der Waals surface area contributed by atoms with Gasteiger partial charge in [-0.15, -0.1) is 0 Å². The fraction of sp³-hybridized carbons (Fsp3) is 0.333. The second kappa shape index (κ2) is 3.58. The van der Waals surface area contributed by atoms with Crippen LogP contribution in [0.4, 0.5) is 0 Å². The summed E-state index contributed by atoms with van der Waals surface area (Å²) >= 11 is 1.99. The number of rotatable bonds is 1. The molecule has 0 spiro atoms. The molecule has 21 valence electrons. The SMILES string of the molecule is [CH2-]C[CH]=[Ti+]. The Bertz CT molecular complexity index is 17.2. The molecule has 0 aromatic rings. The summed E-state index contributed by atoms with van der Waals surface area (Å²) in [4.78, 5) is 0. The van der Waals surface area contributed by atoms with E-state index in [1.165, 1.54) is 0 Å². The Morgan fingerprint density at radius 2 is 2.25 bits per heavy atom. The Kier molecular flexibility index (Phi) is 4.11. The third kappa shape index (κ3) is 2.58. The van der Waals surface area contributed by atoms with Crippen molar-refractivity contribution in [2.75, 3.05) is 0 Å². The van der Waals surface area contributed by atoms with Crippen molar-refractivity contribution in [1.29, 1.82) is 0 Å². The molecule has 0 nitrogen and oxygen atoms in total. The summed E-state index contributed by atoms with van der Waals surface area (Å²) in [6.07, 6.45) is 0.944. The van der Waals surface area contributed by atoms with Gasteiger partial charge >= 0.3 is 37.6 Å². The maximum atomic E-state index is 3.55. The second-order valence-electron chi connectivity index (χ2n) is 0.493. The molecule has 0 fully saturated rings. The monoisotopic (exact) mass is 89.0 g/mol. The normalized spacial score (nSPS) is 6.75. The van der Waals surface area contributed by atoms with Crippen LogP contribution in [0.3, 0.4) is 0 Å². The summed E-state index contributed by atoms with van der Waals surface area (Å²) in [6, 6.07) is 0. The summed E-state index contributed by atoms with van der Waals surface area (Å²) in [6.45, 7) is 3.55. The molecule has 0 saturated carbocycles. The van der Waals surface area contributed by atoms with E-state index < -0.39 is 0 Å². The Labute approximate surface area is 38.1 Å². The minimum absolute atomic E-state index is 0.944. The van der Waals surface area contributed by atoms with Gasteiger partial charge in [0.25, 0.3) is 0 Å². The molecule has 0 bridgehead atoms. The molecule has 0 radical (unpaired) electrons. The van der Waals surface area contributed by atoms with E-state index >= 15 is 0 Å². The molecule has 0 aliphatic carbocycles. The Hall–Kier alpha value is 0.584. The van der Waals surface area contributed by atoms with Crippen LogP contribution >= 0.6 is 0 Å². The number of hydrogen-bond acceptors (Lipinski definition) is 0. The molecule has 0 amide bonds. The maximum absolute atomic E-state index is 3.55. The van der Waals surface area contributed by atoms with E-state index in [9.17, 15) is 0 Å². The van der Waals surface area contributed by atoms with Gasteiger partial charge in [0.2, 0.25) is 0 Å². The average Bonchev–Trinajstić information content (AvgIpc) is 1.37. The van der Waals surface area contributed by atoms with Gasteiger partial charge in [-0.1, -0.05) is 0 Å². The molecule has 0 aromatic carbocycles. The molecule has 0 aliphatic rings. The summed E-state index contributed by atoms with van der Waals surface area (Å²) in [7, 11) is 0. The second-order valence-corrected chi connectivity index (χ2v) is 1.13. The van der Waals surface area contributed by atoms with Crippen LogP contribution in [0, 0.1) is 6.92 Å². The van der Waals surface area contributed by atoms with Gasteiger partial charge in [0.05, 0.1) is 0 Å². The molecular formula is C3H5Ti. The fourth-order valence-electron chi connectivity index (χ4n) is 0. The van der Waals surface area contributed by atoms with Crippen LogP contribution in [0.25, 0.3) is 0 Å². The molecule has 0 heterocycles. The van der Waals surface area contributed by atoms with Crippen LogP contribution < -0.4 is 0 Å². The first kappa shape index (κ1) is 4.58. The fourth-order valence-corrected chi connectivity index (χ4v) is 0. The summed E-state index contributed by atoms with van der Waals surface area (Å²) in [5.41, 5.74) is 0. The Morgan fingerprint density at radius 3 is 2.25 bits per heavy atom. The Balaban J connectivity index is 2.30. The van der Waals surface area contributed by atoms with Crippen molar-refractivity contribution in [3.63, 3.8) is 0 Å². The van der Waals surface area contributed by atoms with Crippen molar-refractivity contribution in [2.24, 2.45) is 0 Å². The van der Waals surface area contributed by atoms with Gasteiger partial charge in [-0.3, -0.25) is 0 Å². The average molecular weight is 88.9 g/mol. The van der Waals surface area contributed by atoms with E-state index in [0.29, 0.717) is 0 Å². The summed E-state index contributed by atoms with van der Waals surface area (Å²) in [5.74, 6) is 0. The van der Waals surface area contributed by atoms with Crippen LogP contribution in [0.1, 0.15) is 6.42 Å². The van der Waals surface area contributed by atoms with Gasteiger partial charge in [0.15, 0.2) is 0 Å². The van der Waals surface area contributed by atoms with Crippen molar-refractivity contribution < 1.29 is 20.0 Å². The van der Waals surface area contributed by atoms with Crippen molar-refractivity contribution in [3.05, 3.63) is 6.92 Å². The quantitative estimate of drug-likeness (QED) is 0.325. The first-order chi connectivity index (χ1) is 1.91. The van der Waals surface area contributed by atoms with E-state index in [4.69, 9.17) is 0 Å². The first-order valence-corrected chi connectivity index (χ1v) is 2.10. The molecule has 1 heteroatoms. The van der Waals surface area contributed by atoms with Gasteiger partial charge < -0.3 is 0 Å². The predicted octanol–water partition coefficient (Wildman–Crippen LogP) is 0.560. The summed E-state index contributed by atoms with van der Waals surface area (Å²) in [5, 5.41) is 0. The molecule has 0 N–H and O–H groups in total. The van der Waals surface area contributed by atoms with Crippen molar-refractivity contribution in [2.45, 2.75) is 6.42 Å². The van der Waals surface area contributed by atoms with E-state index in [0.717, 1.165) is 6.42 Å². The predicted molar refractivity (Wildman–Crippen MR) is 16.0 cm³/mol. The standard InChI is InChI=1S/C3H5.Ti/c1-3-2;/h1H,2-3H2;/q-1;+1. The van der Waals surface area contributed by atoms with Crippen molar-refractivity contribution in [3.8, 4) is 0 Å². The van der Waals surface area contributed by atoms with Crippen LogP contribution in [0.2, 0.25) is 0 Å². The molecule has 0 saturated heterocycles. The van der Waals surface area contributed by atoms with Gasteiger partial charge in [-0.2, -0.15) is 0 Å². The van der Waals surface area contributed by atoms with E-state index in [-0.39, 0.29) is 0 Å². The van der Waals surface area contributed by atoms with Gasteiger partial charge in [0, 0.05) is 0 Å². The van der Waals surface area contributed by atoms with Crippen LogP contribution in [-0.4, -0.2) is 4.31 Å². The van der Waals surface area contributed by atoms with E-state index in [1.54, 1.807) is 0 Å². The number of hydrogen-bond donors (Lipinski definition) is 0. The topological polar surface area (TPSA) is 0 Å². The molecule has 0 unspecified atom stereocenters. The van der Waals surface area contributed by atoms with Gasteiger partial charge in [-0.25, -0.2) is 0 Å². The molecule has 4 heavy (non-hydrogen) atoms. The third-order valence-electron chi connectivity index (χ3n) is 0.144. The van der Waals surface area contributed by atoms with Crippen molar-refractivity contribution >= 4 is 4.31 Å². The zero-order valence-electron chi connectivity index (χ0n) is 2.49.